The SMILES string of the molecule is CCn1c(SCC(=O)Nc2cc([N+](=O)[O-])ccc2C)nnc1C1CCCN1C(=O)c1ccc(C)cc1. The van der Waals surface area contributed by atoms with Crippen molar-refractivity contribution in [2.45, 2.75) is 51.4 Å². The number of nitrogens with zero attached hydrogens (tertiary/aromatic N) is 5. The van der Waals surface area contributed by atoms with E-state index >= 15 is 0 Å². The van der Waals surface area contributed by atoms with Crippen molar-refractivity contribution in [3.8, 4) is 0 Å². The average Bonchev–Trinajstić information content (AvgIpc) is 3.50. The van der Waals surface area contributed by atoms with E-state index in [1.165, 1.54) is 23.9 Å². The molecule has 10 nitrogen and oxygen atoms in total. The summed E-state index contributed by atoms with van der Waals surface area (Å²) in [5.74, 6) is 0.460. The lowest BCUT2D eigenvalue weighted by atomic mass is 10.1. The molecule has 0 aliphatic carbocycles. The molecule has 1 unspecified atom stereocenters. The van der Waals surface area contributed by atoms with E-state index in [1.54, 1.807) is 13.0 Å². The Hall–Kier alpha value is -3.73. The van der Waals surface area contributed by atoms with Crippen LogP contribution in [0, 0.1) is 24.0 Å². The molecule has 0 saturated carbocycles. The highest BCUT2D eigenvalue weighted by Crippen LogP contribution is 2.34. The van der Waals surface area contributed by atoms with Gasteiger partial charge in [0.25, 0.3) is 11.6 Å². The molecule has 1 aliphatic heterocycles. The minimum Gasteiger partial charge on any atom is -0.328 e. The van der Waals surface area contributed by atoms with Crippen LogP contribution in [0.4, 0.5) is 11.4 Å². The Morgan fingerprint density at radius 3 is 2.61 bits per heavy atom. The number of nitrogens with one attached hydrogen (secondary N) is 1. The summed E-state index contributed by atoms with van der Waals surface area (Å²) in [6, 6.07) is 11.7. The number of nitro benzene ring substituents is 1. The topological polar surface area (TPSA) is 123 Å². The summed E-state index contributed by atoms with van der Waals surface area (Å²) in [7, 11) is 0. The summed E-state index contributed by atoms with van der Waals surface area (Å²) in [5, 5.41) is 23.1. The van der Waals surface area contributed by atoms with Crippen LogP contribution in [-0.4, -0.2) is 48.7 Å². The van der Waals surface area contributed by atoms with Gasteiger partial charge in [-0.15, -0.1) is 10.2 Å². The van der Waals surface area contributed by atoms with Gasteiger partial charge >= 0.3 is 0 Å². The van der Waals surface area contributed by atoms with Crippen molar-refractivity contribution in [1.82, 2.24) is 19.7 Å². The second-order valence-corrected chi connectivity index (χ2v) is 9.64. The van der Waals surface area contributed by atoms with Gasteiger partial charge in [-0.05, 0) is 51.3 Å². The van der Waals surface area contributed by atoms with Gasteiger partial charge in [0.05, 0.1) is 22.4 Å². The number of hydrogen-bond acceptors (Lipinski definition) is 7. The first-order chi connectivity index (χ1) is 17.3. The molecule has 1 saturated heterocycles. The van der Waals surface area contributed by atoms with Crippen LogP contribution < -0.4 is 5.32 Å². The molecule has 0 radical (unpaired) electrons. The maximum Gasteiger partial charge on any atom is 0.271 e. The van der Waals surface area contributed by atoms with E-state index in [0.717, 1.165) is 24.0 Å². The van der Waals surface area contributed by atoms with Gasteiger partial charge in [0.15, 0.2) is 11.0 Å². The quantitative estimate of drug-likeness (QED) is 0.269. The number of amides is 2. The Morgan fingerprint density at radius 2 is 1.92 bits per heavy atom. The van der Waals surface area contributed by atoms with Crippen LogP contribution in [0.1, 0.15) is 53.1 Å². The molecule has 1 aliphatic rings. The van der Waals surface area contributed by atoms with Crippen molar-refractivity contribution in [3.05, 3.63) is 75.1 Å². The third kappa shape index (κ3) is 5.40. The molecular formula is C25H28N6O4S. The number of likely N-dealkylation sites (tertiary alicyclic amines) is 1. The second-order valence-electron chi connectivity index (χ2n) is 8.70. The van der Waals surface area contributed by atoms with Crippen LogP contribution >= 0.6 is 11.8 Å². The predicted octanol–water partition coefficient (Wildman–Crippen LogP) is 4.53. The molecular weight excluding hydrogens is 480 g/mol. The summed E-state index contributed by atoms with van der Waals surface area (Å²) < 4.78 is 1.95. The standard InChI is InChI=1S/C25H28N6O4S/c1-4-29-23(21-6-5-13-30(21)24(33)18-10-7-16(2)8-11-18)27-28-25(29)36-15-22(32)26-20-14-19(31(34)35)12-9-17(20)3/h7-12,14,21H,4-6,13,15H2,1-3H3,(H,26,32). The Balaban J connectivity index is 1.45. The van der Waals surface area contributed by atoms with Gasteiger partial charge < -0.3 is 14.8 Å². The third-order valence-electron chi connectivity index (χ3n) is 6.21. The molecule has 1 fully saturated rings. The van der Waals surface area contributed by atoms with Gasteiger partial charge in [-0.3, -0.25) is 19.7 Å². The van der Waals surface area contributed by atoms with Crippen molar-refractivity contribution in [3.63, 3.8) is 0 Å². The number of nitro groups is 1. The number of aryl methyl sites for hydroxylation is 2. The molecule has 2 aromatic carbocycles. The zero-order chi connectivity index (χ0) is 25.8. The molecule has 188 valence electrons. The number of rotatable bonds is 8. The van der Waals surface area contributed by atoms with Gasteiger partial charge in [0, 0.05) is 30.8 Å². The molecule has 1 N–H and O–H groups in total. The first kappa shape index (κ1) is 25.4. The molecule has 11 heteroatoms. The van der Waals surface area contributed by atoms with Crippen LogP contribution in [0.15, 0.2) is 47.6 Å². The third-order valence-corrected chi connectivity index (χ3v) is 7.18. The zero-order valence-corrected chi connectivity index (χ0v) is 21.2. The maximum absolute atomic E-state index is 13.2. The summed E-state index contributed by atoms with van der Waals surface area (Å²) in [6.45, 7) is 6.99. The van der Waals surface area contributed by atoms with Crippen LogP contribution in [0.2, 0.25) is 0 Å². The molecule has 1 aromatic heterocycles. The number of carbonyl (C=O) groups is 2. The zero-order valence-electron chi connectivity index (χ0n) is 20.4. The fourth-order valence-electron chi connectivity index (χ4n) is 4.27. The molecule has 2 amide bonds. The van der Waals surface area contributed by atoms with Crippen LogP contribution in [-0.2, 0) is 11.3 Å². The second kappa shape index (κ2) is 10.9. The van der Waals surface area contributed by atoms with Gasteiger partial charge in [0.1, 0.15) is 0 Å². The Labute approximate surface area is 213 Å². The number of anilines is 1. The van der Waals surface area contributed by atoms with Gasteiger partial charge in [-0.25, -0.2) is 0 Å². The fraction of sp³-hybridized carbons (Fsp3) is 0.360. The number of aromatic nitrogens is 3. The molecule has 3 aromatic rings. The molecule has 4 rings (SSSR count). The van der Waals surface area contributed by atoms with E-state index in [2.05, 4.69) is 15.5 Å². The Kier molecular flexibility index (Phi) is 7.68. The highest BCUT2D eigenvalue weighted by molar-refractivity contribution is 7.99. The van der Waals surface area contributed by atoms with E-state index in [-0.39, 0.29) is 29.3 Å². The van der Waals surface area contributed by atoms with Crippen LogP contribution in [0.25, 0.3) is 0 Å². The normalized spacial score (nSPS) is 15.2. The number of hydrogen-bond donors (Lipinski definition) is 1. The fourth-order valence-corrected chi connectivity index (χ4v) is 5.07. The van der Waals surface area contributed by atoms with Crippen LogP contribution in [0.5, 0.6) is 0 Å². The molecule has 0 spiro atoms. The van der Waals surface area contributed by atoms with E-state index in [0.29, 0.717) is 35.3 Å². The Bertz CT molecular complexity index is 1290. The first-order valence-corrected chi connectivity index (χ1v) is 12.8. The monoisotopic (exact) mass is 508 g/mol. The van der Waals surface area contributed by atoms with Crippen molar-refractivity contribution < 1.29 is 14.5 Å². The largest absolute Gasteiger partial charge is 0.328 e. The number of non-ortho nitro benzene ring substituents is 1. The number of carbonyl (C=O) groups excluding carboxylic acids is 2. The molecule has 0 bridgehead atoms. The van der Waals surface area contributed by atoms with E-state index < -0.39 is 4.92 Å². The predicted molar refractivity (Wildman–Crippen MR) is 137 cm³/mol. The number of benzene rings is 2. The van der Waals surface area contributed by atoms with Crippen molar-refractivity contribution in [2.75, 3.05) is 17.6 Å². The summed E-state index contributed by atoms with van der Waals surface area (Å²) in [6.07, 6.45) is 1.68. The maximum atomic E-state index is 13.2. The van der Waals surface area contributed by atoms with Crippen molar-refractivity contribution in [1.29, 1.82) is 0 Å². The lowest BCUT2D eigenvalue weighted by molar-refractivity contribution is -0.384. The van der Waals surface area contributed by atoms with Crippen LogP contribution in [0.3, 0.4) is 0 Å². The molecule has 1 atom stereocenters. The molecule has 2 heterocycles. The van der Waals surface area contributed by atoms with E-state index in [1.807, 2.05) is 47.6 Å². The lowest BCUT2D eigenvalue weighted by Crippen LogP contribution is -2.32. The Morgan fingerprint density at radius 1 is 1.17 bits per heavy atom. The first-order valence-electron chi connectivity index (χ1n) is 11.8. The van der Waals surface area contributed by atoms with Gasteiger partial charge in [-0.1, -0.05) is 35.5 Å². The van der Waals surface area contributed by atoms with Crippen molar-refractivity contribution in [2.24, 2.45) is 0 Å². The van der Waals surface area contributed by atoms with Gasteiger partial charge in [0.2, 0.25) is 5.91 Å². The summed E-state index contributed by atoms with van der Waals surface area (Å²) in [5.41, 5.74) is 2.81. The highest BCUT2D eigenvalue weighted by Gasteiger charge is 2.34. The minimum atomic E-state index is -0.495. The molecule has 36 heavy (non-hydrogen) atoms. The lowest BCUT2D eigenvalue weighted by Gasteiger charge is -2.24. The van der Waals surface area contributed by atoms with E-state index in [9.17, 15) is 19.7 Å². The highest BCUT2D eigenvalue weighted by atomic mass is 32.2. The smallest absolute Gasteiger partial charge is 0.271 e. The van der Waals surface area contributed by atoms with Crippen molar-refractivity contribution >= 4 is 35.0 Å². The van der Waals surface area contributed by atoms with E-state index in [4.69, 9.17) is 0 Å². The van der Waals surface area contributed by atoms with Gasteiger partial charge in [-0.2, -0.15) is 0 Å². The average molecular weight is 509 g/mol. The summed E-state index contributed by atoms with van der Waals surface area (Å²) >= 11 is 1.24. The number of thioether (sulfide) groups is 1. The summed E-state index contributed by atoms with van der Waals surface area (Å²) in [4.78, 5) is 38.2. The minimum absolute atomic E-state index is 0.0240.